The van der Waals surface area contributed by atoms with Crippen molar-refractivity contribution >= 4 is 10.0 Å². The lowest BCUT2D eigenvalue weighted by Gasteiger charge is -2.29. The van der Waals surface area contributed by atoms with E-state index in [0.29, 0.717) is 30.4 Å². The Morgan fingerprint density at radius 3 is 2.47 bits per heavy atom. The van der Waals surface area contributed by atoms with Gasteiger partial charge in [-0.2, -0.15) is 4.31 Å². The van der Waals surface area contributed by atoms with Gasteiger partial charge in [0.15, 0.2) is 0 Å². The third-order valence-electron chi connectivity index (χ3n) is 3.89. The standard InChI is InChI=1S/C13H23N3O2S/c1-3-15-10-13(8-12(15)9-14)19(17,18)16-6-4-11(2)5-7-16/h8,10-11H,3-7,9,14H2,1-2H3. The van der Waals surface area contributed by atoms with Gasteiger partial charge in [0.2, 0.25) is 10.0 Å². The number of hydrogen-bond acceptors (Lipinski definition) is 3. The van der Waals surface area contributed by atoms with E-state index in [1.165, 1.54) is 0 Å². The summed E-state index contributed by atoms with van der Waals surface area (Å²) in [5.74, 6) is 0.617. The second kappa shape index (κ2) is 5.64. The van der Waals surface area contributed by atoms with Crippen LogP contribution in [0.2, 0.25) is 0 Å². The molecule has 5 nitrogen and oxygen atoms in total. The molecule has 0 bridgehead atoms. The first kappa shape index (κ1) is 14.6. The van der Waals surface area contributed by atoms with E-state index in [4.69, 9.17) is 5.73 Å². The molecule has 0 amide bonds. The van der Waals surface area contributed by atoms with Gasteiger partial charge in [-0.15, -0.1) is 0 Å². The van der Waals surface area contributed by atoms with E-state index in [9.17, 15) is 8.42 Å². The highest BCUT2D eigenvalue weighted by molar-refractivity contribution is 7.89. The molecule has 0 aromatic carbocycles. The fourth-order valence-corrected chi connectivity index (χ4v) is 4.04. The van der Waals surface area contributed by atoms with E-state index in [2.05, 4.69) is 6.92 Å². The third kappa shape index (κ3) is 2.85. The normalized spacial score (nSPS) is 18.9. The highest BCUT2D eigenvalue weighted by Crippen LogP contribution is 2.24. The van der Waals surface area contributed by atoms with Gasteiger partial charge in [-0.3, -0.25) is 0 Å². The predicted octanol–water partition coefficient (Wildman–Crippen LogP) is 1.39. The number of nitrogens with zero attached hydrogens (tertiary/aromatic N) is 2. The van der Waals surface area contributed by atoms with Crippen molar-refractivity contribution in [3.63, 3.8) is 0 Å². The van der Waals surface area contributed by atoms with Crippen LogP contribution in [-0.4, -0.2) is 30.4 Å². The minimum atomic E-state index is -3.35. The van der Waals surface area contributed by atoms with Crippen LogP contribution in [0.25, 0.3) is 0 Å². The third-order valence-corrected chi connectivity index (χ3v) is 5.76. The molecule has 0 unspecified atom stereocenters. The van der Waals surface area contributed by atoms with Crippen LogP contribution in [0, 0.1) is 5.92 Å². The van der Waals surface area contributed by atoms with Gasteiger partial charge in [-0.05, 0) is 31.7 Å². The first-order valence-corrected chi connectivity index (χ1v) is 8.32. The van der Waals surface area contributed by atoms with Crippen LogP contribution in [0.4, 0.5) is 0 Å². The summed E-state index contributed by atoms with van der Waals surface area (Å²) in [5, 5.41) is 0. The van der Waals surface area contributed by atoms with Crippen LogP contribution in [0.15, 0.2) is 17.2 Å². The van der Waals surface area contributed by atoms with Crippen LogP contribution in [0.5, 0.6) is 0 Å². The molecule has 1 fully saturated rings. The molecule has 0 atom stereocenters. The molecule has 19 heavy (non-hydrogen) atoms. The van der Waals surface area contributed by atoms with Gasteiger partial charge in [0.1, 0.15) is 4.90 Å². The smallest absolute Gasteiger partial charge is 0.244 e. The van der Waals surface area contributed by atoms with E-state index in [1.807, 2.05) is 11.5 Å². The molecule has 1 saturated heterocycles. The van der Waals surface area contributed by atoms with E-state index >= 15 is 0 Å². The van der Waals surface area contributed by atoms with Crippen LogP contribution in [-0.2, 0) is 23.1 Å². The van der Waals surface area contributed by atoms with Crippen molar-refractivity contribution in [2.75, 3.05) is 13.1 Å². The number of aromatic nitrogens is 1. The Morgan fingerprint density at radius 1 is 1.37 bits per heavy atom. The van der Waals surface area contributed by atoms with E-state index in [-0.39, 0.29) is 0 Å². The van der Waals surface area contributed by atoms with Crippen molar-refractivity contribution in [1.29, 1.82) is 0 Å². The number of nitrogens with two attached hydrogens (primary N) is 1. The quantitative estimate of drug-likeness (QED) is 0.909. The molecule has 0 aliphatic carbocycles. The van der Waals surface area contributed by atoms with E-state index in [1.54, 1.807) is 16.6 Å². The Bertz CT molecular complexity index is 507. The molecule has 1 aliphatic rings. The molecule has 1 aromatic rings. The maximum Gasteiger partial charge on any atom is 0.244 e. The van der Waals surface area contributed by atoms with Crippen molar-refractivity contribution in [1.82, 2.24) is 8.87 Å². The Labute approximate surface area is 115 Å². The number of sulfonamides is 1. The summed E-state index contributed by atoms with van der Waals surface area (Å²) in [6.07, 6.45) is 3.59. The minimum Gasteiger partial charge on any atom is -0.349 e. The summed E-state index contributed by atoms with van der Waals surface area (Å²) in [4.78, 5) is 0.379. The van der Waals surface area contributed by atoms with Gasteiger partial charge < -0.3 is 10.3 Å². The summed E-state index contributed by atoms with van der Waals surface area (Å²) >= 11 is 0. The van der Waals surface area contributed by atoms with E-state index < -0.39 is 10.0 Å². The second-order valence-electron chi connectivity index (χ2n) is 5.24. The predicted molar refractivity (Wildman–Crippen MR) is 75.2 cm³/mol. The molecular weight excluding hydrogens is 262 g/mol. The molecule has 0 spiro atoms. The maximum absolute atomic E-state index is 12.6. The highest BCUT2D eigenvalue weighted by Gasteiger charge is 2.29. The zero-order valence-corrected chi connectivity index (χ0v) is 12.5. The minimum absolute atomic E-state index is 0.362. The molecule has 1 aromatic heterocycles. The second-order valence-corrected chi connectivity index (χ2v) is 7.18. The fraction of sp³-hybridized carbons (Fsp3) is 0.692. The average molecular weight is 285 g/mol. The average Bonchev–Trinajstić information content (AvgIpc) is 2.83. The number of hydrogen-bond donors (Lipinski definition) is 1. The first-order valence-electron chi connectivity index (χ1n) is 6.88. The number of piperidine rings is 1. The van der Waals surface area contributed by atoms with Gasteiger partial charge in [-0.1, -0.05) is 6.92 Å². The topological polar surface area (TPSA) is 68.3 Å². The van der Waals surface area contributed by atoms with Gasteiger partial charge in [-0.25, -0.2) is 8.42 Å². The van der Waals surface area contributed by atoms with Crippen LogP contribution in [0.3, 0.4) is 0 Å². The lowest BCUT2D eigenvalue weighted by Crippen LogP contribution is -2.37. The number of aryl methyl sites for hydroxylation is 1. The van der Waals surface area contributed by atoms with Gasteiger partial charge in [0.25, 0.3) is 0 Å². The Hall–Kier alpha value is -0.850. The Kier molecular flexibility index (Phi) is 4.32. The fourth-order valence-electron chi connectivity index (χ4n) is 2.51. The van der Waals surface area contributed by atoms with Crippen molar-refractivity contribution < 1.29 is 8.42 Å². The van der Waals surface area contributed by atoms with Gasteiger partial charge in [0.05, 0.1) is 0 Å². The summed E-state index contributed by atoms with van der Waals surface area (Å²) in [6.45, 7) is 6.50. The Morgan fingerprint density at radius 2 is 2.00 bits per heavy atom. The Balaban J connectivity index is 2.26. The van der Waals surface area contributed by atoms with Crippen molar-refractivity contribution in [3.05, 3.63) is 18.0 Å². The van der Waals surface area contributed by atoms with Crippen LogP contribution >= 0.6 is 0 Å². The molecular formula is C13H23N3O2S. The largest absolute Gasteiger partial charge is 0.349 e. The molecule has 2 heterocycles. The van der Waals surface area contributed by atoms with Crippen LogP contribution in [0.1, 0.15) is 32.4 Å². The summed E-state index contributed by atoms with van der Waals surface area (Å²) < 4.78 is 28.6. The summed E-state index contributed by atoms with van der Waals surface area (Å²) in [7, 11) is -3.35. The molecule has 2 N–H and O–H groups in total. The SMILES string of the molecule is CCn1cc(S(=O)(=O)N2CCC(C)CC2)cc1CN. The van der Waals surface area contributed by atoms with Crippen molar-refractivity contribution in [2.24, 2.45) is 11.7 Å². The van der Waals surface area contributed by atoms with Crippen molar-refractivity contribution in [3.8, 4) is 0 Å². The molecule has 0 saturated carbocycles. The zero-order chi connectivity index (χ0) is 14.0. The maximum atomic E-state index is 12.6. The molecule has 108 valence electrons. The lowest BCUT2D eigenvalue weighted by atomic mass is 10.0. The van der Waals surface area contributed by atoms with E-state index in [0.717, 1.165) is 25.1 Å². The molecule has 0 radical (unpaired) electrons. The lowest BCUT2D eigenvalue weighted by molar-refractivity contribution is 0.288. The summed E-state index contributed by atoms with van der Waals surface area (Å²) in [5.41, 5.74) is 6.52. The highest BCUT2D eigenvalue weighted by atomic mass is 32.2. The molecule has 2 rings (SSSR count). The van der Waals surface area contributed by atoms with Gasteiger partial charge >= 0.3 is 0 Å². The monoisotopic (exact) mass is 285 g/mol. The zero-order valence-electron chi connectivity index (χ0n) is 11.7. The van der Waals surface area contributed by atoms with Crippen molar-refractivity contribution in [2.45, 2.75) is 44.7 Å². The van der Waals surface area contributed by atoms with Gasteiger partial charge in [0, 0.05) is 38.1 Å². The van der Waals surface area contributed by atoms with Crippen LogP contribution < -0.4 is 5.73 Å². The first-order chi connectivity index (χ1) is 8.98. The molecule has 6 heteroatoms. The molecule has 1 aliphatic heterocycles. The summed E-state index contributed by atoms with van der Waals surface area (Å²) in [6, 6.07) is 1.71. The number of rotatable bonds is 4.